The van der Waals surface area contributed by atoms with Crippen LogP contribution in [-0.4, -0.2) is 27.6 Å². The fourth-order valence-corrected chi connectivity index (χ4v) is 0.870. The van der Waals surface area contributed by atoms with Gasteiger partial charge in [-0.25, -0.2) is 10.2 Å². The van der Waals surface area contributed by atoms with Gasteiger partial charge in [0.05, 0.1) is 6.21 Å². The molecule has 0 aliphatic carbocycles. The Morgan fingerprint density at radius 3 is 2.33 bits per heavy atom. The van der Waals surface area contributed by atoms with E-state index in [9.17, 15) is 4.79 Å². The number of hydrogen-bond acceptors (Lipinski definition) is 5. The Morgan fingerprint density at radius 2 is 1.87 bits per heavy atom. The molecule has 0 aliphatic rings. The number of rotatable bonds is 2. The number of carbonyl (C=O) groups is 1. The van der Waals surface area contributed by atoms with E-state index in [1.54, 1.807) is 0 Å². The maximum absolute atomic E-state index is 10.2. The lowest BCUT2D eigenvalue weighted by Crippen LogP contribution is -2.24. The van der Waals surface area contributed by atoms with Gasteiger partial charge in [-0.05, 0) is 12.1 Å². The Kier molecular flexibility index (Phi) is 2.97. The Balaban J connectivity index is 2.87. The number of phenolic OH excluding ortho intramolecular Hbond substituents is 3. The van der Waals surface area contributed by atoms with Crippen LogP contribution in [0.2, 0.25) is 0 Å². The molecule has 0 saturated heterocycles. The Morgan fingerprint density at radius 1 is 1.33 bits per heavy atom. The molecule has 7 heteroatoms. The lowest BCUT2D eigenvalue weighted by Gasteiger charge is -2.01. The van der Waals surface area contributed by atoms with Crippen LogP contribution in [0.15, 0.2) is 17.2 Å². The maximum Gasteiger partial charge on any atom is 0.332 e. The lowest BCUT2D eigenvalue weighted by atomic mass is 10.2. The highest BCUT2D eigenvalue weighted by molar-refractivity contribution is 5.83. The maximum atomic E-state index is 10.2. The van der Waals surface area contributed by atoms with Crippen LogP contribution < -0.4 is 11.2 Å². The molecule has 1 aromatic rings. The third-order valence-corrected chi connectivity index (χ3v) is 1.48. The summed E-state index contributed by atoms with van der Waals surface area (Å²) < 4.78 is 0. The SMILES string of the molecule is NC(=O)NN=Cc1cc(O)c(O)c(O)c1. The monoisotopic (exact) mass is 211 g/mol. The van der Waals surface area contributed by atoms with Gasteiger partial charge in [0.25, 0.3) is 0 Å². The molecular formula is C8H9N3O4. The van der Waals surface area contributed by atoms with Crippen LogP contribution in [0.3, 0.4) is 0 Å². The van der Waals surface area contributed by atoms with E-state index in [1.807, 2.05) is 5.43 Å². The third-order valence-electron chi connectivity index (χ3n) is 1.48. The summed E-state index contributed by atoms with van der Waals surface area (Å²) in [5.41, 5.74) is 6.96. The second-order valence-electron chi connectivity index (χ2n) is 2.64. The van der Waals surface area contributed by atoms with E-state index in [-0.39, 0.29) is 5.56 Å². The van der Waals surface area contributed by atoms with Gasteiger partial charge < -0.3 is 21.1 Å². The molecule has 2 amide bonds. The molecule has 0 atom stereocenters. The molecular weight excluding hydrogens is 202 g/mol. The van der Waals surface area contributed by atoms with Crippen molar-refractivity contribution >= 4 is 12.2 Å². The number of primary amides is 1. The quantitative estimate of drug-likeness (QED) is 0.263. The van der Waals surface area contributed by atoms with Gasteiger partial charge in [0.2, 0.25) is 0 Å². The van der Waals surface area contributed by atoms with Crippen LogP contribution in [-0.2, 0) is 0 Å². The van der Waals surface area contributed by atoms with Gasteiger partial charge in [-0.15, -0.1) is 0 Å². The topological polar surface area (TPSA) is 128 Å². The summed E-state index contributed by atoms with van der Waals surface area (Å²) in [5, 5.41) is 30.6. The summed E-state index contributed by atoms with van der Waals surface area (Å²) in [6, 6.07) is 1.47. The smallest absolute Gasteiger partial charge is 0.332 e. The van der Waals surface area contributed by atoms with Crippen molar-refractivity contribution in [3.63, 3.8) is 0 Å². The number of hydrazone groups is 1. The zero-order valence-corrected chi connectivity index (χ0v) is 7.51. The summed E-state index contributed by atoms with van der Waals surface area (Å²) in [7, 11) is 0. The van der Waals surface area contributed by atoms with Gasteiger partial charge in [0.1, 0.15) is 0 Å². The van der Waals surface area contributed by atoms with Gasteiger partial charge in [0.15, 0.2) is 17.2 Å². The average Bonchev–Trinajstić information content (AvgIpc) is 2.13. The number of nitrogens with zero attached hydrogens (tertiary/aromatic N) is 1. The van der Waals surface area contributed by atoms with Crippen molar-refractivity contribution in [2.24, 2.45) is 10.8 Å². The van der Waals surface area contributed by atoms with Gasteiger partial charge in [-0.2, -0.15) is 5.10 Å². The number of benzene rings is 1. The molecule has 15 heavy (non-hydrogen) atoms. The van der Waals surface area contributed by atoms with E-state index in [2.05, 4.69) is 5.10 Å². The molecule has 7 nitrogen and oxygen atoms in total. The average molecular weight is 211 g/mol. The number of phenols is 3. The highest BCUT2D eigenvalue weighted by Crippen LogP contribution is 2.34. The largest absolute Gasteiger partial charge is 0.504 e. The summed E-state index contributed by atoms with van der Waals surface area (Å²) in [5.74, 6) is -1.60. The summed E-state index contributed by atoms with van der Waals surface area (Å²) in [6.07, 6.45) is 1.14. The van der Waals surface area contributed by atoms with E-state index in [4.69, 9.17) is 21.1 Å². The lowest BCUT2D eigenvalue weighted by molar-refractivity contribution is 0.249. The Labute approximate surface area is 84.5 Å². The van der Waals surface area contributed by atoms with Crippen LogP contribution in [0.4, 0.5) is 4.79 Å². The van der Waals surface area contributed by atoms with Crippen LogP contribution in [0.25, 0.3) is 0 Å². The van der Waals surface area contributed by atoms with Crippen LogP contribution in [0.5, 0.6) is 17.2 Å². The highest BCUT2D eigenvalue weighted by Gasteiger charge is 2.06. The summed E-state index contributed by atoms with van der Waals surface area (Å²) >= 11 is 0. The Bertz CT molecular complexity index is 393. The van der Waals surface area contributed by atoms with Gasteiger partial charge >= 0.3 is 6.03 Å². The number of urea groups is 1. The minimum absolute atomic E-state index is 0.288. The Hall–Kier alpha value is -2.44. The van der Waals surface area contributed by atoms with E-state index < -0.39 is 23.3 Å². The first-order valence-electron chi connectivity index (χ1n) is 3.84. The molecule has 0 heterocycles. The second-order valence-corrected chi connectivity index (χ2v) is 2.64. The normalized spacial score (nSPS) is 10.4. The van der Waals surface area contributed by atoms with E-state index in [0.717, 1.165) is 18.3 Å². The molecule has 0 fully saturated rings. The molecule has 1 rings (SSSR count). The number of nitrogens with two attached hydrogens (primary N) is 1. The number of carbonyl (C=O) groups excluding carboxylic acids is 1. The van der Waals surface area contributed by atoms with Crippen molar-refractivity contribution < 1.29 is 20.1 Å². The van der Waals surface area contributed by atoms with Crippen LogP contribution >= 0.6 is 0 Å². The second kappa shape index (κ2) is 4.18. The molecule has 80 valence electrons. The summed E-state index contributed by atoms with van der Waals surface area (Å²) in [6.45, 7) is 0. The van der Waals surface area contributed by atoms with Gasteiger partial charge in [-0.3, -0.25) is 0 Å². The summed E-state index contributed by atoms with van der Waals surface area (Å²) in [4.78, 5) is 10.2. The van der Waals surface area contributed by atoms with Crippen molar-refractivity contribution in [3.05, 3.63) is 17.7 Å². The van der Waals surface area contributed by atoms with Crippen molar-refractivity contribution in [1.82, 2.24) is 5.43 Å². The molecule has 6 N–H and O–H groups in total. The van der Waals surface area contributed by atoms with Gasteiger partial charge in [0, 0.05) is 5.56 Å². The van der Waals surface area contributed by atoms with E-state index in [1.165, 1.54) is 0 Å². The molecule has 1 aromatic carbocycles. The number of aromatic hydroxyl groups is 3. The predicted molar refractivity (Wildman–Crippen MR) is 51.7 cm³/mol. The van der Waals surface area contributed by atoms with E-state index >= 15 is 0 Å². The van der Waals surface area contributed by atoms with Crippen molar-refractivity contribution in [1.29, 1.82) is 0 Å². The first-order chi connectivity index (χ1) is 7.00. The minimum Gasteiger partial charge on any atom is -0.504 e. The van der Waals surface area contributed by atoms with E-state index in [0.29, 0.717) is 0 Å². The van der Waals surface area contributed by atoms with Crippen molar-refractivity contribution in [2.45, 2.75) is 0 Å². The first-order valence-corrected chi connectivity index (χ1v) is 3.84. The van der Waals surface area contributed by atoms with Crippen LogP contribution in [0, 0.1) is 0 Å². The molecule has 0 aliphatic heterocycles. The predicted octanol–water partition coefficient (Wildman–Crippen LogP) is -0.194. The molecule has 0 saturated carbocycles. The molecule has 0 bridgehead atoms. The number of hydrogen-bond donors (Lipinski definition) is 5. The van der Waals surface area contributed by atoms with Crippen molar-refractivity contribution in [2.75, 3.05) is 0 Å². The zero-order chi connectivity index (χ0) is 11.4. The molecule has 0 aromatic heterocycles. The van der Waals surface area contributed by atoms with Crippen molar-refractivity contribution in [3.8, 4) is 17.2 Å². The number of amides is 2. The third kappa shape index (κ3) is 2.76. The zero-order valence-electron chi connectivity index (χ0n) is 7.51. The highest BCUT2D eigenvalue weighted by atomic mass is 16.3. The number of nitrogens with one attached hydrogen (secondary N) is 1. The molecule has 0 unspecified atom stereocenters. The standard InChI is InChI=1S/C8H9N3O4/c9-8(15)11-10-3-4-1-5(12)7(14)6(13)2-4/h1-3,12-14H,(H3,9,11,15). The molecule has 0 spiro atoms. The fourth-order valence-electron chi connectivity index (χ4n) is 0.870. The minimum atomic E-state index is -0.835. The van der Waals surface area contributed by atoms with Gasteiger partial charge in [-0.1, -0.05) is 0 Å². The fraction of sp³-hybridized carbons (Fsp3) is 0. The molecule has 0 radical (unpaired) electrons. The van der Waals surface area contributed by atoms with Crippen LogP contribution in [0.1, 0.15) is 5.56 Å². The first kappa shape index (κ1) is 10.6.